The molecule has 0 bridgehead atoms. The van der Waals surface area contributed by atoms with E-state index in [2.05, 4.69) is 5.10 Å². The summed E-state index contributed by atoms with van der Waals surface area (Å²) in [6.45, 7) is 3.52. The third kappa shape index (κ3) is 2.35. The maximum atomic E-state index is 13.8. The molecule has 1 rings (SSSR count). The van der Waals surface area contributed by atoms with Gasteiger partial charge in [-0.15, -0.1) is 0 Å². The van der Waals surface area contributed by atoms with Crippen LogP contribution in [0.4, 0.5) is 8.78 Å². The van der Waals surface area contributed by atoms with Gasteiger partial charge in [0.05, 0.1) is 11.3 Å². The zero-order valence-electron chi connectivity index (χ0n) is 9.60. The highest BCUT2D eigenvalue weighted by atomic mass is 35.5. The quantitative estimate of drug-likeness (QED) is 0.894. The highest BCUT2D eigenvalue weighted by molar-refractivity contribution is 6.30. The molecule has 2 N–H and O–H groups in total. The summed E-state index contributed by atoms with van der Waals surface area (Å²) >= 11 is 5.86. The first kappa shape index (κ1) is 13.4. The Morgan fingerprint density at radius 1 is 1.50 bits per heavy atom. The fourth-order valence-corrected chi connectivity index (χ4v) is 1.84. The largest absolute Gasteiger partial charge is 0.330 e. The second kappa shape index (κ2) is 4.67. The molecule has 16 heavy (non-hydrogen) atoms. The predicted octanol–water partition coefficient (Wildman–Crippen LogP) is 2.64. The maximum Gasteiger partial charge on any atom is 0.279 e. The van der Waals surface area contributed by atoms with Crippen LogP contribution < -0.4 is 5.73 Å². The Hall–Kier alpha value is -0.680. The Labute approximate surface area is 98.6 Å². The number of aromatic nitrogens is 2. The number of hydrogen-bond acceptors (Lipinski definition) is 2. The minimum absolute atomic E-state index is 0.0119. The number of aryl methyl sites for hydroxylation is 1. The van der Waals surface area contributed by atoms with Gasteiger partial charge in [-0.3, -0.25) is 4.68 Å². The molecular formula is C10H16ClF2N3. The number of nitrogens with two attached hydrogens (primary N) is 1. The summed E-state index contributed by atoms with van der Waals surface area (Å²) in [7, 11) is 1.55. The molecule has 1 heterocycles. The van der Waals surface area contributed by atoms with Crippen LogP contribution in [0, 0.1) is 0 Å². The van der Waals surface area contributed by atoms with Crippen molar-refractivity contribution in [3.05, 3.63) is 16.4 Å². The van der Waals surface area contributed by atoms with Crippen LogP contribution in [-0.2, 0) is 13.0 Å². The summed E-state index contributed by atoms with van der Waals surface area (Å²) in [6.07, 6.45) is -0.419. The molecule has 0 spiro atoms. The van der Waals surface area contributed by atoms with Gasteiger partial charge in [0.1, 0.15) is 5.15 Å². The summed E-state index contributed by atoms with van der Waals surface area (Å²) in [6, 6.07) is 0. The minimum Gasteiger partial charge on any atom is -0.330 e. The van der Waals surface area contributed by atoms with Crippen molar-refractivity contribution in [1.82, 2.24) is 9.78 Å². The van der Waals surface area contributed by atoms with Crippen molar-refractivity contribution in [3.8, 4) is 0 Å². The van der Waals surface area contributed by atoms with E-state index < -0.39 is 12.3 Å². The maximum absolute atomic E-state index is 13.8. The van der Waals surface area contributed by atoms with Gasteiger partial charge >= 0.3 is 0 Å². The standard InChI is InChI=1S/C10H16ClF2N3/c1-6(2)8-7(9(11)16(3)15-8)10(12,13)4-5-14/h6H,4-5,14H2,1-3H3. The van der Waals surface area contributed by atoms with Gasteiger partial charge < -0.3 is 5.73 Å². The molecular weight excluding hydrogens is 236 g/mol. The summed E-state index contributed by atoms with van der Waals surface area (Å²) in [5, 5.41) is 4.01. The third-order valence-corrected chi connectivity index (χ3v) is 2.81. The van der Waals surface area contributed by atoms with Crippen molar-refractivity contribution in [1.29, 1.82) is 0 Å². The molecule has 1 aromatic heterocycles. The smallest absolute Gasteiger partial charge is 0.279 e. The molecule has 0 aliphatic rings. The average Bonchev–Trinajstić information content (AvgIpc) is 2.44. The van der Waals surface area contributed by atoms with E-state index in [-0.39, 0.29) is 23.2 Å². The lowest BCUT2D eigenvalue weighted by atomic mass is 10.00. The molecule has 0 aliphatic heterocycles. The fraction of sp³-hybridized carbons (Fsp3) is 0.700. The van der Waals surface area contributed by atoms with Crippen LogP contribution in [0.5, 0.6) is 0 Å². The fourth-order valence-electron chi connectivity index (χ4n) is 1.57. The molecule has 0 aliphatic carbocycles. The van der Waals surface area contributed by atoms with E-state index in [1.165, 1.54) is 4.68 Å². The first-order valence-corrected chi connectivity index (χ1v) is 5.49. The van der Waals surface area contributed by atoms with E-state index in [1.54, 1.807) is 20.9 Å². The Kier molecular flexibility index (Phi) is 3.91. The number of nitrogens with zero attached hydrogens (tertiary/aromatic N) is 2. The lowest BCUT2D eigenvalue weighted by molar-refractivity contribution is -0.0117. The van der Waals surface area contributed by atoms with Gasteiger partial charge in [0.15, 0.2) is 0 Å². The van der Waals surface area contributed by atoms with Crippen molar-refractivity contribution in [2.45, 2.75) is 32.1 Å². The van der Waals surface area contributed by atoms with E-state index in [0.29, 0.717) is 5.69 Å². The van der Waals surface area contributed by atoms with E-state index in [4.69, 9.17) is 17.3 Å². The van der Waals surface area contributed by atoms with Crippen LogP contribution in [0.15, 0.2) is 0 Å². The Balaban J connectivity index is 3.30. The molecule has 0 aromatic carbocycles. The molecule has 6 heteroatoms. The molecule has 3 nitrogen and oxygen atoms in total. The van der Waals surface area contributed by atoms with E-state index in [9.17, 15) is 8.78 Å². The van der Waals surface area contributed by atoms with Gasteiger partial charge in [-0.1, -0.05) is 25.4 Å². The summed E-state index contributed by atoms with van der Waals surface area (Å²) in [4.78, 5) is 0. The third-order valence-electron chi connectivity index (χ3n) is 2.38. The van der Waals surface area contributed by atoms with Gasteiger partial charge in [-0.05, 0) is 12.5 Å². The molecule has 0 fully saturated rings. The zero-order chi connectivity index (χ0) is 12.5. The molecule has 92 valence electrons. The van der Waals surface area contributed by atoms with Gasteiger partial charge in [0, 0.05) is 13.5 Å². The molecule has 0 saturated heterocycles. The SMILES string of the molecule is CC(C)c1nn(C)c(Cl)c1C(F)(F)CCN. The van der Waals surface area contributed by atoms with Crippen molar-refractivity contribution in [2.75, 3.05) is 6.54 Å². The summed E-state index contributed by atoms with van der Waals surface area (Å²) in [5.41, 5.74) is 5.34. The van der Waals surface area contributed by atoms with Crippen LogP contribution in [0.25, 0.3) is 0 Å². The Bertz CT molecular complexity index is 374. The molecule has 0 radical (unpaired) electrons. The lowest BCUT2D eigenvalue weighted by Gasteiger charge is -2.17. The Morgan fingerprint density at radius 2 is 2.06 bits per heavy atom. The minimum atomic E-state index is -3.01. The predicted molar refractivity (Wildman–Crippen MR) is 59.9 cm³/mol. The van der Waals surface area contributed by atoms with Crippen molar-refractivity contribution < 1.29 is 8.78 Å². The zero-order valence-corrected chi connectivity index (χ0v) is 10.4. The topological polar surface area (TPSA) is 43.8 Å². The van der Waals surface area contributed by atoms with Crippen LogP contribution in [0.3, 0.4) is 0 Å². The van der Waals surface area contributed by atoms with Crippen molar-refractivity contribution in [3.63, 3.8) is 0 Å². The van der Waals surface area contributed by atoms with E-state index in [1.807, 2.05) is 0 Å². The second-order valence-electron chi connectivity index (χ2n) is 4.07. The molecule has 0 unspecified atom stereocenters. The molecule has 0 amide bonds. The molecule has 0 saturated carbocycles. The van der Waals surface area contributed by atoms with Crippen LogP contribution in [0.2, 0.25) is 5.15 Å². The van der Waals surface area contributed by atoms with Crippen LogP contribution in [-0.4, -0.2) is 16.3 Å². The highest BCUT2D eigenvalue weighted by Crippen LogP contribution is 2.40. The second-order valence-corrected chi connectivity index (χ2v) is 4.43. The number of rotatable bonds is 4. The van der Waals surface area contributed by atoms with Crippen LogP contribution in [0.1, 0.15) is 37.4 Å². The Morgan fingerprint density at radius 3 is 2.50 bits per heavy atom. The van der Waals surface area contributed by atoms with Gasteiger partial charge in [-0.25, -0.2) is 8.78 Å². The van der Waals surface area contributed by atoms with Crippen LogP contribution >= 0.6 is 11.6 Å². The van der Waals surface area contributed by atoms with Gasteiger partial charge in [-0.2, -0.15) is 5.10 Å². The summed E-state index contributed by atoms with van der Waals surface area (Å²) in [5.74, 6) is -3.11. The van der Waals surface area contributed by atoms with E-state index >= 15 is 0 Å². The monoisotopic (exact) mass is 251 g/mol. The van der Waals surface area contributed by atoms with Crippen molar-refractivity contribution >= 4 is 11.6 Å². The number of alkyl halides is 2. The van der Waals surface area contributed by atoms with E-state index in [0.717, 1.165) is 0 Å². The van der Waals surface area contributed by atoms with Gasteiger partial charge in [0.2, 0.25) is 0 Å². The molecule has 1 aromatic rings. The first-order valence-electron chi connectivity index (χ1n) is 5.12. The lowest BCUT2D eigenvalue weighted by Crippen LogP contribution is -2.20. The highest BCUT2D eigenvalue weighted by Gasteiger charge is 2.38. The number of halogens is 3. The van der Waals surface area contributed by atoms with Crippen molar-refractivity contribution in [2.24, 2.45) is 12.8 Å². The average molecular weight is 252 g/mol. The molecule has 0 atom stereocenters. The number of hydrogen-bond donors (Lipinski definition) is 1. The van der Waals surface area contributed by atoms with Gasteiger partial charge in [0.25, 0.3) is 5.92 Å². The summed E-state index contributed by atoms with van der Waals surface area (Å²) < 4.78 is 28.9. The first-order chi connectivity index (χ1) is 7.31. The normalized spacial score (nSPS) is 12.5.